The smallest absolute Gasteiger partial charge is 0.507 e. The molecule has 0 unspecified atom stereocenters. The van der Waals surface area contributed by atoms with Gasteiger partial charge in [0, 0.05) is 23.0 Å². The average molecular weight is 582 g/mol. The maximum Gasteiger partial charge on any atom is 0.514 e. The Morgan fingerprint density at radius 3 is 2.57 bits per heavy atom. The summed E-state index contributed by atoms with van der Waals surface area (Å²) in [6.45, 7) is 13.2. The Balaban J connectivity index is 1.61. The van der Waals surface area contributed by atoms with Crippen molar-refractivity contribution in [1.82, 2.24) is 4.90 Å². The van der Waals surface area contributed by atoms with Gasteiger partial charge in [-0.3, -0.25) is 4.79 Å². The summed E-state index contributed by atoms with van der Waals surface area (Å²) in [6.07, 6.45) is 5.59. The molecule has 9 nitrogen and oxygen atoms in total. The number of carboxylic acids is 1. The number of hydrogen-bond acceptors (Lipinski definition) is 7. The number of fused-ring (bicyclic) bond motifs is 1. The fourth-order valence-corrected chi connectivity index (χ4v) is 6.81. The number of amides is 1. The summed E-state index contributed by atoms with van der Waals surface area (Å²) in [5, 5.41) is 31.2. The number of rotatable bonds is 11. The molecule has 1 saturated heterocycles. The van der Waals surface area contributed by atoms with Gasteiger partial charge in [-0.2, -0.15) is 0 Å². The first-order valence-electron chi connectivity index (χ1n) is 14.9. The highest BCUT2D eigenvalue weighted by molar-refractivity contribution is 6.00. The number of carbonyl (C=O) groups excluding carboxylic acids is 2. The van der Waals surface area contributed by atoms with E-state index in [1.54, 1.807) is 19.1 Å². The van der Waals surface area contributed by atoms with E-state index < -0.39 is 42.0 Å². The highest BCUT2D eigenvalue weighted by Gasteiger charge is 2.59. The summed E-state index contributed by atoms with van der Waals surface area (Å²) in [5.41, 5.74) is 3.55. The van der Waals surface area contributed by atoms with Gasteiger partial charge in [0.25, 0.3) is 0 Å². The molecule has 3 N–H and O–H groups in total. The molecule has 9 heteroatoms. The summed E-state index contributed by atoms with van der Waals surface area (Å²) in [4.78, 5) is 39.0. The van der Waals surface area contributed by atoms with Crippen LogP contribution in [-0.4, -0.2) is 57.0 Å². The predicted octanol–water partition coefficient (Wildman–Crippen LogP) is 5.85. The minimum absolute atomic E-state index is 0.0429. The van der Waals surface area contributed by atoms with Gasteiger partial charge in [0.05, 0.1) is 18.1 Å². The Morgan fingerprint density at radius 1 is 1.24 bits per heavy atom. The summed E-state index contributed by atoms with van der Waals surface area (Å²) < 4.78 is 11.2. The van der Waals surface area contributed by atoms with Crippen LogP contribution in [0.25, 0.3) is 0 Å². The summed E-state index contributed by atoms with van der Waals surface area (Å²) in [7, 11) is 0. The third-order valence-electron chi connectivity index (χ3n) is 9.02. The zero-order valence-electron chi connectivity index (χ0n) is 25.2. The number of allylic oxidation sites excluding steroid dienone is 3. The number of phenolic OH excluding ortho intramolecular Hbond substituents is 1. The number of phenols is 1. The number of aliphatic hydroxyl groups is 1. The van der Waals surface area contributed by atoms with Crippen LogP contribution in [0.3, 0.4) is 0 Å². The lowest BCUT2D eigenvalue weighted by Crippen LogP contribution is -2.63. The molecule has 3 aliphatic rings. The number of aliphatic hydroxyl groups excluding tert-OH is 1. The molecule has 42 heavy (non-hydrogen) atoms. The molecule has 0 spiro atoms. The van der Waals surface area contributed by atoms with Crippen LogP contribution in [0.4, 0.5) is 4.79 Å². The molecule has 0 bridgehead atoms. The van der Waals surface area contributed by atoms with E-state index in [4.69, 9.17) is 9.47 Å². The molecule has 2 heterocycles. The number of aryl methyl sites for hydroxylation is 1. The second kappa shape index (κ2) is 12.7. The van der Waals surface area contributed by atoms with Gasteiger partial charge in [0.2, 0.25) is 5.91 Å². The van der Waals surface area contributed by atoms with Crippen molar-refractivity contribution in [3.8, 4) is 11.5 Å². The molecule has 2 aliphatic heterocycles. The average Bonchev–Trinajstić information content (AvgIpc) is 3.15. The maximum absolute atomic E-state index is 13.1. The van der Waals surface area contributed by atoms with Crippen LogP contribution in [0.5, 0.6) is 11.5 Å². The zero-order valence-corrected chi connectivity index (χ0v) is 25.2. The first-order chi connectivity index (χ1) is 19.9. The Kier molecular flexibility index (Phi) is 9.50. The fraction of sp³-hybridized carbons (Fsp3) is 0.545. The number of aliphatic carboxylic acids is 1. The lowest BCUT2D eigenvalue weighted by molar-refractivity contribution is -0.163. The van der Waals surface area contributed by atoms with Gasteiger partial charge in [0.1, 0.15) is 23.8 Å². The number of unbranched alkanes of at least 4 members (excludes halogenated alkanes) is 2. The number of benzene rings is 1. The number of hydrogen-bond donors (Lipinski definition) is 3. The minimum atomic E-state index is -1.30. The summed E-state index contributed by atoms with van der Waals surface area (Å²) >= 11 is 0. The Bertz CT molecular complexity index is 1330. The second-order valence-electron chi connectivity index (χ2n) is 12.1. The Hall–Kier alpha value is -3.59. The number of carboxylic acid groups (broad SMARTS) is 1. The van der Waals surface area contributed by atoms with Gasteiger partial charge in [-0.15, -0.1) is 0 Å². The van der Waals surface area contributed by atoms with Crippen LogP contribution in [0.15, 0.2) is 47.2 Å². The number of nitrogens with zero attached hydrogens (tertiary/aromatic N) is 1. The van der Waals surface area contributed by atoms with Crippen molar-refractivity contribution in [3.63, 3.8) is 0 Å². The number of β-lactam (4-membered cyclic amide) rings is 1. The standard InChI is InChI=1S/C33H43NO8/c1-7-8-9-10-21-14-25(36)28(23-13-18(4)11-12-22(23)17(2)3)26(15-21)42-33(40)41-16-24-19(5)29-27(20(6)35)31(37)34(29)30(24)32(38)39/h13-15,19-20,22-23,27,29,35-36H,2,7-12,16H2,1,3-6H3,(H,38,39)/t19-,20+,22-,23+,27+,29+/m0/s1. The van der Waals surface area contributed by atoms with Gasteiger partial charge in [0.15, 0.2) is 0 Å². The number of ether oxygens (including phenoxy) is 2. The first kappa shape index (κ1) is 31.3. The van der Waals surface area contributed by atoms with Gasteiger partial charge < -0.3 is 29.7 Å². The van der Waals surface area contributed by atoms with Gasteiger partial charge in [-0.1, -0.05) is 50.5 Å². The van der Waals surface area contributed by atoms with Crippen molar-refractivity contribution in [1.29, 1.82) is 0 Å². The van der Waals surface area contributed by atoms with Crippen molar-refractivity contribution in [2.24, 2.45) is 17.8 Å². The van der Waals surface area contributed by atoms with Crippen molar-refractivity contribution in [3.05, 3.63) is 58.3 Å². The van der Waals surface area contributed by atoms with E-state index in [0.717, 1.165) is 43.2 Å². The van der Waals surface area contributed by atoms with E-state index in [9.17, 15) is 29.7 Å². The normalized spacial score (nSPS) is 25.9. The van der Waals surface area contributed by atoms with E-state index in [1.807, 2.05) is 13.8 Å². The summed E-state index contributed by atoms with van der Waals surface area (Å²) in [6, 6.07) is 3.00. The zero-order chi connectivity index (χ0) is 30.9. The van der Waals surface area contributed by atoms with Crippen LogP contribution in [0.2, 0.25) is 0 Å². The molecule has 1 fully saturated rings. The van der Waals surface area contributed by atoms with Crippen LogP contribution < -0.4 is 4.74 Å². The van der Waals surface area contributed by atoms with E-state index in [-0.39, 0.29) is 41.2 Å². The molecule has 0 radical (unpaired) electrons. The van der Waals surface area contributed by atoms with Crippen molar-refractivity contribution in [2.75, 3.05) is 6.61 Å². The topological polar surface area (TPSA) is 134 Å². The molecule has 0 saturated carbocycles. The lowest BCUT2D eigenvalue weighted by atomic mass is 9.73. The monoisotopic (exact) mass is 581 g/mol. The molecule has 6 atom stereocenters. The predicted molar refractivity (Wildman–Crippen MR) is 157 cm³/mol. The first-order valence-corrected chi connectivity index (χ1v) is 14.9. The molecule has 1 aliphatic carbocycles. The number of aromatic hydroxyl groups is 1. The highest BCUT2D eigenvalue weighted by Crippen LogP contribution is 2.48. The second-order valence-corrected chi connectivity index (χ2v) is 12.1. The molecule has 1 amide bonds. The van der Waals surface area contributed by atoms with E-state index >= 15 is 0 Å². The minimum Gasteiger partial charge on any atom is -0.507 e. The van der Waals surface area contributed by atoms with Crippen molar-refractivity contribution >= 4 is 18.0 Å². The SMILES string of the molecule is C=C(C)[C@@H]1CCC(C)=C[C@H]1c1c(O)cc(CCCCC)cc1OC(=O)OCC1=C(C(=O)O)N2C(=O)[C@H]([C@@H](C)O)[C@H]2[C@H]1C. The summed E-state index contributed by atoms with van der Waals surface area (Å²) in [5.74, 6) is -2.86. The van der Waals surface area contributed by atoms with E-state index in [2.05, 4.69) is 19.6 Å². The maximum atomic E-state index is 13.1. The molecular formula is C33H43NO8. The lowest BCUT2D eigenvalue weighted by Gasteiger charge is -2.46. The fourth-order valence-electron chi connectivity index (χ4n) is 6.81. The van der Waals surface area contributed by atoms with Gasteiger partial charge in [-0.25, -0.2) is 9.59 Å². The third kappa shape index (κ3) is 5.98. The van der Waals surface area contributed by atoms with Gasteiger partial charge >= 0.3 is 12.1 Å². The Morgan fingerprint density at radius 2 is 1.95 bits per heavy atom. The Labute approximate surface area is 247 Å². The van der Waals surface area contributed by atoms with Crippen molar-refractivity contribution < 1.29 is 39.2 Å². The molecule has 228 valence electrons. The quantitative estimate of drug-likeness (QED) is 0.0974. The van der Waals surface area contributed by atoms with E-state index in [1.165, 1.54) is 17.4 Å². The highest BCUT2D eigenvalue weighted by atomic mass is 16.7. The molecule has 1 aromatic rings. The third-order valence-corrected chi connectivity index (χ3v) is 9.02. The van der Waals surface area contributed by atoms with Crippen LogP contribution >= 0.6 is 0 Å². The van der Waals surface area contributed by atoms with E-state index in [0.29, 0.717) is 12.0 Å². The van der Waals surface area contributed by atoms with Crippen LogP contribution in [-0.2, 0) is 20.7 Å². The molecule has 0 aromatic heterocycles. The van der Waals surface area contributed by atoms with Gasteiger partial charge in [-0.05, 0) is 70.1 Å². The van der Waals surface area contributed by atoms with Crippen LogP contribution in [0, 0.1) is 17.8 Å². The van der Waals surface area contributed by atoms with Crippen LogP contribution in [0.1, 0.15) is 83.8 Å². The molecular weight excluding hydrogens is 538 g/mol. The molecule has 4 rings (SSSR count). The number of carbonyl (C=O) groups is 3. The molecule has 1 aromatic carbocycles. The van der Waals surface area contributed by atoms with Crippen molar-refractivity contribution in [2.45, 2.75) is 91.2 Å². The largest absolute Gasteiger partial charge is 0.514 e.